The van der Waals surface area contributed by atoms with Gasteiger partial charge in [0.25, 0.3) is 0 Å². The monoisotopic (exact) mass is 346 g/mol. The molecule has 2 rings (SSSR count). The van der Waals surface area contributed by atoms with Crippen LogP contribution in [0.2, 0.25) is 5.02 Å². The molecule has 1 saturated heterocycles. The number of piperidine rings is 1. The Bertz CT molecular complexity index is 465. The second kappa shape index (κ2) is 9.93. The van der Waals surface area contributed by atoms with Crippen LogP contribution in [0.4, 0.5) is 4.79 Å². The van der Waals surface area contributed by atoms with Crippen molar-refractivity contribution in [2.75, 3.05) is 19.6 Å². The van der Waals surface area contributed by atoms with Crippen LogP contribution >= 0.6 is 24.0 Å². The Morgan fingerprint density at radius 2 is 2.05 bits per heavy atom. The molecule has 1 aliphatic heterocycles. The second-order valence-electron chi connectivity index (χ2n) is 5.32. The van der Waals surface area contributed by atoms with E-state index in [2.05, 4.69) is 12.2 Å². The largest absolute Gasteiger partial charge is 0.444 e. The molecule has 0 spiro atoms. The Morgan fingerprint density at radius 1 is 1.36 bits per heavy atom. The first kappa shape index (κ1) is 19.1. The minimum Gasteiger partial charge on any atom is -0.444 e. The van der Waals surface area contributed by atoms with E-state index in [1.54, 1.807) is 6.07 Å². The molecule has 0 aromatic heterocycles. The Labute approximate surface area is 143 Å². The van der Waals surface area contributed by atoms with Crippen LogP contribution in [0, 0.1) is 0 Å². The van der Waals surface area contributed by atoms with E-state index in [-0.39, 0.29) is 31.1 Å². The summed E-state index contributed by atoms with van der Waals surface area (Å²) in [4.78, 5) is 14.2. The lowest BCUT2D eigenvalue weighted by Crippen LogP contribution is -2.46. The Kier molecular flexibility index (Phi) is 8.61. The van der Waals surface area contributed by atoms with Crippen molar-refractivity contribution in [1.29, 1.82) is 0 Å². The van der Waals surface area contributed by atoms with Gasteiger partial charge in [-0.05, 0) is 38.4 Å². The van der Waals surface area contributed by atoms with Crippen molar-refractivity contribution in [3.63, 3.8) is 0 Å². The minimum atomic E-state index is -0.233. The highest BCUT2D eigenvalue weighted by molar-refractivity contribution is 6.31. The van der Waals surface area contributed by atoms with Gasteiger partial charge in [-0.1, -0.05) is 36.7 Å². The third-order valence-corrected chi connectivity index (χ3v) is 4.13. The first-order valence-corrected chi connectivity index (χ1v) is 7.97. The van der Waals surface area contributed by atoms with Gasteiger partial charge >= 0.3 is 6.09 Å². The highest BCUT2D eigenvalue weighted by Crippen LogP contribution is 2.18. The molecule has 1 N–H and O–H groups in total. The smallest absolute Gasteiger partial charge is 0.410 e. The van der Waals surface area contributed by atoms with Crippen LogP contribution in [-0.4, -0.2) is 36.7 Å². The molecule has 1 fully saturated rings. The molecule has 0 unspecified atom stereocenters. The van der Waals surface area contributed by atoms with Gasteiger partial charge in [0.15, 0.2) is 0 Å². The lowest BCUT2D eigenvalue weighted by atomic mass is 10.1. The highest BCUT2D eigenvalue weighted by atomic mass is 35.5. The van der Waals surface area contributed by atoms with Crippen molar-refractivity contribution < 1.29 is 9.53 Å². The van der Waals surface area contributed by atoms with Gasteiger partial charge in [-0.25, -0.2) is 4.79 Å². The topological polar surface area (TPSA) is 41.6 Å². The normalized spacial score (nSPS) is 15.0. The summed E-state index contributed by atoms with van der Waals surface area (Å²) in [5.74, 6) is 0. The van der Waals surface area contributed by atoms with E-state index in [1.165, 1.54) is 0 Å². The first-order valence-electron chi connectivity index (χ1n) is 7.60. The van der Waals surface area contributed by atoms with E-state index < -0.39 is 0 Å². The highest BCUT2D eigenvalue weighted by Gasteiger charge is 2.25. The summed E-state index contributed by atoms with van der Waals surface area (Å²) in [6.07, 6.45) is 2.68. The number of rotatable bonds is 5. The van der Waals surface area contributed by atoms with Crippen molar-refractivity contribution in [1.82, 2.24) is 10.2 Å². The zero-order chi connectivity index (χ0) is 15.1. The van der Waals surface area contributed by atoms with Gasteiger partial charge in [-0.3, -0.25) is 0 Å². The number of ether oxygens (including phenoxy) is 1. The molecule has 1 aromatic rings. The summed E-state index contributed by atoms with van der Waals surface area (Å²) >= 11 is 6.08. The number of carbonyl (C=O) groups excluding carboxylic acids is 1. The molecule has 22 heavy (non-hydrogen) atoms. The van der Waals surface area contributed by atoms with Crippen molar-refractivity contribution >= 4 is 30.1 Å². The molecule has 1 aliphatic rings. The van der Waals surface area contributed by atoms with Crippen molar-refractivity contribution in [2.45, 2.75) is 38.8 Å². The van der Waals surface area contributed by atoms with E-state index >= 15 is 0 Å². The minimum absolute atomic E-state index is 0. The fraction of sp³-hybridized carbons (Fsp3) is 0.562. The number of benzene rings is 1. The molecule has 0 bridgehead atoms. The SMILES string of the molecule is CCCN(C(=O)OCc1ccccc1Cl)C1CCNCC1.Cl. The zero-order valence-electron chi connectivity index (χ0n) is 12.9. The lowest BCUT2D eigenvalue weighted by Gasteiger charge is -2.33. The molecule has 1 heterocycles. The fourth-order valence-corrected chi connectivity index (χ4v) is 2.81. The number of hydrogen-bond acceptors (Lipinski definition) is 3. The number of carbonyl (C=O) groups is 1. The number of nitrogens with one attached hydrogen (secondary N) is 1. The molecule has 6 heteroatoms. The quantitative estimate of drug-likeness (QED) is 0.879. The van der Waals surface area contributed by atoms with Crippen LogP contribution in [0.15, 0.2) is 24.3 Å². The van der Waals surface area contributed by atoms with Crippen molar-refractivity contribution in [3.05, 3.63) is 34.9 Å². The van der Waals surface area contributed by atoms with E-state index in [9.17, 15) is 4.79 Å². The number of hydrogen-bond donors (Lipinski definition) is 1. The first-order chi connectivity index (χ1) is 10.2. The molecule has 4 nitrogen and oxygen atoms in total. The third-order valence-electron chi connectivity index (χ3n) is 3.76. The van der Waals surface area contributed by atoms with Crippen molar-refractivity contribution in [2.24, 2.45) is 0 Å². The van der Waals surface area contributed by atoms with Gasteiger partial charge in [0.2, 0.25) is 0 Å². The van der Waals surface area contributed by atoms with Crippen LogP contribution in [0.3, 0.4) is 0 Å². The van der Waals surface area contributed by atoms with E-state index in [1.807, 2.05) is 23.1 Å². The number of nitrogens with zero attached hydrogens (tertiary/aromatic N) is 1. The Hall–Kier alpha value is -0.970. The molecule has 0 radical (unpaired) electrons. The fourth-order valence-electron chi connectivity index (χ4n) is 2.62. The maximum absolute atomic E-state index is 12.4. The van der Waals surface area contributed by atoms with Crippen molar-refractivity contribution in [3.8, 4) is 0 Å². The molecular formula is C16H24Cl2N2O2. The average Bonchev–Trinajstić information content (AvgIpc) is 2.52. The van der Waals surface area contributed by atoms with Crippen LogP contribution in [0.25, 0.3) is 0 Å². The summed E-state index contributed by atoms with van der Waals surface area (Å²) in [6, 6.07) is 7.73. The van der Waals surface area contributed by atoms with Gasteiger partial charge in [0.05, 0.1) is 0 Å². The molecule has 0 saturated carbocycles. The summed E-state index contributed by atoms with van der Waals surface area (Å²) in [6.45, 7) is 4.97. The van der Waals surface area contributed by atoms with Crippen LogP contribution in [0.5, 0.6) is 0 Å². The van der Waals surface area contributed by atoms with E-state index in [4.69, 9.17) is 16.3 Å². The van der Waals surface area contributed by atoms with Gasteiger partial charge in [-0.15, -0.1) is 12.4 Å². The van der Waals surface area contributed by atoms with Gasteiger partial charge in [0, 0.05) is 23.2 Å². The molecular weight excluding hydrogens is 323 g/mol. The van der Waals surface area contributed by atoms with Crippen LogP contribution in [0.1, 0.15) is 31.7 Å². The zero-order valence-corrected chi connectivity index (χ0v) is 14.5. The summed E-state index contributed by atoms with van der Waals surface area (Å²) in [7, 11) is 0. The molecule has 1 amide bonds. The molecule has 0 atom stereocenters. The number of amides is 1. The Morgan fingerprint density at radius 3 is 2.68 bits per heavy atom. The predicted octanol–water partition coefficient (Wildman–Crippen LogP) is 3.86. The average molecular weight is 347 g/mol. The number of halogens is 2. The van der Waals surface area contributed by atoms with Crippen LogP contribution < -0.4 is 5.32 Å². The molecule has 0 aliphatic carbocycles. The Balaban J connectivity index is 0.00000242. The summed E-state index contributed by atoms with van der Waals surface area (Å²) in [5.41, 5.74) is 0.842. The van der Waals surface area contributed by atoms with E-state index in [0.29, 0.717) is 5.02 Å². The maximum Gasteiger partial charge on any atom is 0.410 e. The maximum atomic E-state index is 12.4. The van der Waals surface area contributed by atoms with Crippen LogP contribution in [-0.2, 0) is 11.3 Å². The summed E-state index contributed by atoms with van der Waals surface area (Å²) < 4.78 is 5.46. The van der Waals surface area contributed by atoms with Gasteiger partial charge < -0.3 is 15.0 Å². The standard InChI is InChI=1S/C16H23ClN2O2.ClH/c1-2-11-19(14-7-9-18-10-8-14)16(20)21-12-13-5-3-4-6-15(13)17;/h3-6,14,18H,2,7-12H2,1H3;1H. The van der Waals surface area contributed by atoms with E-state index in [0.717, 1.165) is 44.5 Å². The predicted molar refractivity (Wildman–Crippen MR) is 91.8 cm³/mol. The molecule has 124 valence electrons. The molecule has 1 aromatic carbocycles. The van der Waals surface area contributed by atoms with Gasteiger partial charge in [0.1, 0.15) is 6.61 Å². The second-order valence-corrected chi connectivity index (χ2v) is 5.73. The third kappa shape index (κ3) is 5.34. The lowest BCUT2D eigenvalue weighted by molar-refractivity contribution is 0.0734. The summed E-state index contributed by atoms with van der Waals surface area (Å²) in [5, 5.41) is 3.95. The van der Waals surface area contributed by atoms with Gasteiger partial charge in [-0.2, -0.15) is 0 Å².